The van der Waals surface area contributed by atoms with E-state index in [-0.39, 0.29) is 5.91 Å². The zero-order chi connectivity index (χ0) is 14.1. The van der Waals surface area contributed by atoms with Crippen molar-refractivity contribution in [3.05, 3.63) is 28.2 Å². The van der Waals surface area contributed by atoms with Crippen molar-refractivity contribution in [1.82, 2.24) is 10.2 Å². The van der Waals surface area contributed by atoms with Crippen LogP contribution in [0.3, 0.4) is 0 Å². The summed E-state index contributed by atoms with van der Waals surface area (Å²) in [5.41, 5.74) is 2.02. The third-order valence-electron chi connectivity index (χ3n) is 4.23. The number of halogens is 1. The first kappa shape index (κ1) is 14.0. The van der Waals surface area contributed by atoms with Gasteiger partial charge >= 0.3 is 0 Å². The number of fused-ring (bicyclic) bond motifs is 1. The second-order valence-electron chi connectivity index (χ2n) is 5.90. The average Bonchev–Trinajstić information content (AvgIpc) is 2.93. The number of aryl methyl sites for hydroxylation is 1. The Balaban J connectivity index is 1.55. The molecule has 0 aromatic heterocycles. The lowest BCUT2D eigenvalue weighted by atomic mass is 10.0. The number of benzene rings is 1. The highest BCUT2D eigenvalue weighted by atomic mass is 79.9. The number of carbonyl (C=O) groups is 1. The summed E-state index contributed by atoms with van der Waals surface area (Å²) in [7, 11) is 0. The topological polar surface area (TPSA) is 44.4 Å². The summed E-state index contributed by atoms with van der Waals surface area (Å²) < 4.78 is 0.938. The second kappa shape index (κ2) is 5.84. The van der Waals surface area contributed by atoms with Crippen molar-refractivity contribution < 1.29 is 4.79 Å². The van der Waals surface area contributed by atoms with Gasteiger partial charge in [-0.1, -0.05) is 6.07 Å². The number of rotatable bonds is 3. The molecule has 0 radical (unpaired) electrons. The van der Waals surface area contributed by atoms with Crippen molar-refractivity contribution in [2.75, 3.05) is 38.0 Å². The Kier molecular flexibility index (Phi) is 4.10. The van der Waals surface area contributed by atoms with Gasteiger partial charge in [-0.3, -0.25) is 9.69 Å². The summed E-state index contributed by atoms with van der Waals surface area (Å²) in [5.74, 6) is 1.53. The summed E-state index contributed by atoms with van der Waals surface area (Å²) in [6.45, 7) is 6.82. The monoisotopic (exact) mass is 337 g/mol. The van der Waals surface area contributed by atoms with Gasteiger partial charge in [0.1, 0.15) is 0 Å². The van der Waals surface area contributed by atoms with Gasteiger partial charge < -0.3 is 10.6 Å². The zero-order valence-electron chi connectivity index (χ0n) is 11.7. The zero-order valence-corrected chi connectivity index (χ0v) is 13.2. The standard InChI is InChI=1S/C15H20BrN3O/c1-10-2-3-14(13(16)4-10)18-15(20)9-19-7-11-5-17-6-12(11)8-19/h2-4,11-12,17H,5-9H2,1H3,(H,18,20)/t11-,12+. The Morgan fingerprint density at radius 3 is 2.75 bits per heavy atom. The van der Waals surface area contributed by atoms with Crippen LogP contribution in [0.4, 0.5) is 5.69 Å². The molecule has 2 saturated heterocycles. The molecule has 1 aromatic carbocycles. The van der Waals surface area contributed by atoms with E-state index < -0.39 is 0 Å². The average molecular weight is 338 g/mol. The van der Waals surface area contributed by atoms with Gasteiger partial charge in [-0.15, -0.1) is 0 Å². The number of carbonyl (C=O) groups excluding carboxylic acids is 1. The van der Waals surface area contributed by atoms with Crippen molar-refractivity contribution in [3.63, 3.8) is 0 Å². The lowest BCUT2D eigenvalue weighted by Crippen LogP contribution is -2.33. The molecule has 20 heavy (non-hydrogen) atoms. The number of nitrogens with one attached hydrogen (secondary N) is 2. The summed E-state index contributed by atoms with van der Waals surface area (Å²) in [6.07, 6.45) is 0. The Labute approximate surface area is 128 Å². The van der Waals surface area contributed by atoms with Crippen molar-refractivity contribution >= 4 is 27.5 Å². The molecule has 2 aliphatic rings. The number of nitrogens with zero attached hydrogens (tertiary/aromatic N) is 1. The van der Waals surface area contributed by atoms with E-state index in [0.29, 0.717) is 6.54 Å². The second-order valence-corrected chi connectivity index (χ2v) is 6.76. The lowest BCUT2D eigenvalue weighted by Gasteiger charge is -2.17. The van der Waals surface area contributed by atoms with Gasteiger partial charge in [0.25, 0.3) is 0 Å². The number of likely N-dealkylation sites (tertiary alicyclic amines) is 1. The molecule has 0 saturated carbocycles. The minimum Gasteiger partial charge on any atom is -0.324 e. The van der Waals surface area contributed by atoms with Gasteiger partial charge in [-0.25, -0.2) is 0 Å². The third-order valence-corrected chi connectivity index (χ3v) is 4.89. The predicted molar refractivity (Wildman–Crippen MR) is 83.8 cm³/mol. The highest BCUT2D eigenvalue weighted by molar-refractivity contribution is 9.10. The summed E-state index contributed by atoms with van der Waals surface area (Å²) in [4.78, 5) is 14.4. The summed E-state index contributed by atoms with van der Waals surface area (Å²) >= 11 is 3.49. The summed E-state index contributed by atoms with van der Waals surface area (Å²) in [5, 5.41) is 6.40. The first-order valence-corrected chi connectivity index (χ1v) is 7.90. The van der Waals surface area contributed by atoms with Gasteiger partial charge in [-0.2, -0.15) is 0 Å². The van der Waals surface area contributed by atoms with Gasteiger partial charge in [0, 0.05) is 17.6 Å². The van der Waals surface area contributed by atoms with Gasteiger partial charge in [0.15, 0.2) is 0 Å². The van der Waals surface area contributed by atoms with Crippen LogP contribution in [0.5, 0.6) is 0 Å². The Hall–Kier alpha value is -0.910. The van der Waals surface area contributed by atoms with Crippen molar-refractivity contribution in [2.24, 2.45) is 11.8 Å². The number of hydrogen-bond acceptors (Lipinski definition) is 3. The van der Waals surface area contributed by atoms with Crippen LogP contribution in [0.2, 0.25) is 0 Å². The largest absolute Gasteiger partial charge is 0.324 e. The van der Waals surface area contributed by atoms with Crippen LogP contribution in [0.1, 0.15) is 5.56 Å². The molecular formula is C15H20BrN3O. The molecule has 0 aliphatic carbocycles. The van der Waals surface area contributed by atoms with Crippen LogP contribution >= 0.6 is 15.9 Å². The van der Waals surface area contributed by atoms with E-state index in [0.717, 1.165) is 48.2 Å². The fourth-order valence-corrected chi connectivity index (χ4v) is 3.79. The fraction of sp³-hybridized carbons (Fsp3) is 0.533. The molecule has 0 spiro atoms. The molecule has 108 valence electrons. The smallest absolute Gasteiger partial charge is 0.238 e. The van der Waals surface area contributed by atoms with Crippen LogP contribution in [-0.4, -0.2) is 43.5 Å². The normalized spacial score (nSPS) is 25.7. The number of anilines is 1. The molecule has 3 rings (SSSR count). The predicted octanol–water partition coefficient (Wildman–Crippen LogP) is 1.85. The highest BCUT2D eigenvalue weighted by Gasteiger charge is 2.36. The van der Waals surface area contributed by atoms with E-state index in [1.807, 2.05) is 25.1 Å². The minimum atomic E-state index is 0.0717. The first-order chi connectivity index (χ1) is 9.61. The van der Waals surface area contributed by atoms with Crippen LogP contribution in [0, 0.1) is 18.8 Å². The molecule has 2 atom stereocenters. The first-order valence-electron chi connectivity index (χ1n) is 7.11. The molecule has 1 amide bonds. The van der Waals surface area contributed by atoms with E-state index >= 15 is 0 Å². The van der Waals surface area contributed by atoms with Crippen molar-refractivity contribution in [2.45, 2.75) is 6.92 Å². The molecule has 1 aromatic rings. The molecule has 2 N–H and O–H groups in total. The van der Waals surface area contributed by atoms with Crippen LogP contribution in [0.15, 0.2) is 22.7 Å². The molecule has 2 fully saturated rings. The van der Waals surface area contributed by atoms with E-state index in [1.54, 1.807) is 0 Å². The fourth-order valence-electron chi connectivity index (χ4n) is 3.20. The van der Waals surface area contributed by atoms with E-state index in [4.69, 9.17) is 0 Å². The molecule has 0 bridgehead atoms. The Morgan fingerprint density at radius 2 is 2.10 bits per heavy atom. The van der Waals surface area contributed by atoms with Crippen molar-refractivity contribution in [1.29, 1.82) is 0 Å². The molecule has 2 aliphatic heterocycles. The van der Waals surface area contributed by atoms with Gasteiger partial charge in [-0.05, 0) is 65.5 Å². The Morgan fingerprint density at radius 1 is 1.40 bits per heavy atom. The van der Waals surface area contributed by atoms with Crippen LogP contribution in [-0.2, 0) is 4.79 Å². The van der Waals surface area contributed by atoms with E-state index in [1.165, 1.54) is 5.56 Å². The van der Waals surface area contributed by atoms with Gasteiger partial charge in [0.2, 0.25) is 5.91 Å². The van der Waals surface area contributed by atoms with E-state index in [9.17, 15) is 4.79 Å². The molecular weight excluding hydrogens is 318 g/mol. The highest BCUT2D eigenvalue weighted by Crippen LogP contribution is 2.26. The lowest BCUT2D eigenvalue weighted by molar-refractivity contribution is -0.117. The molecule has 4 nitrogen and oxygen atoms in total. The van der Waals surface area contributed by atoms with Crippen LogP contribution in [0.25, 0.3) is 0 Å². The maximum atomic E-state index is 12.1. The molecule has 0 unspecified atom stereocenters. The van der Waals surface area contributed by atoms with Gasteiger partial charge in [0.05, 0.1) is 12.2 Å². The molecule has 5 heteroatoms. The minimum absolute atomic E-state index is 0.0717. The van der Waals surface area contributed by atoms with Crippen LogP contribution < -0.4 is 10.6 Å². The number of hydrogen-bond donors (Lipinski definition) is 2. The quantitative estimate of drug-likeness (QED) is 0.884. The molecule has 2 heterocycles. The summed E-state index contributed by atoms with van der Waals surface area (Å²) in [6, 6.07) is 5.97. The third kappa shape index (κ3) is 3.05. The maximum Gasteiger partial charge on any atom is 0.238 e. The Bertz CT molecular complexity index is 508. The number of amides is 1. The maximum absolute atomic E-state index is 12.1. The van der Waals surface area contributed by atoms with E-state index in [2.05, 4.69) is 31.5 Å². The van der Waals surface area contributed by atoms with Crippen molar-refractivity contribution in [3.8, 4) is 0 Å². The SMILES string of the molecule is Cc1ccc(NC(=O)CN2C[C@H]3CNC[C@H]3C2)c(Br)c1.